The number of carbonyl (C=O) groups excluding carboxylic acids is 2. The largest absolute Gasteiger partial charge is 0.497 e. The van der Waals surface area contributed by atoms with Gasteiger partial charge in [0.15, 0.2) is 0 Å². The fraction of sp³-hybridized carbons (Fsp3) is 0.250. The molecule has 0 aliphatic carbocycles. The van der Waals surface area contributed by atoms with Gasteiger partial charge in [0, 0.05) is 6.92 Å². The zero-order valence-corrected chi connectivity index (χ0v) is 15.7. The van der Waals surface area contributed by atoms with Crippen LogP contribution in [0.2, 0.25) is 0 Å². The molecule has 0 aromatic heterocycles. The Morgan fingerprint density at radius 1 is 1.14 bits per heavy atom. The van der Waals surface area contributed by atoms with Crippen LogP contribution in [-0.4, -0.2) is 41.5 Å². The smallest absolute Gasteiger partial charge is 0.465 e. The van der Waals surface area contributed by atoms with Crippen molar-refractivity contribution in [2.75, 3.05) is 7.11 Å². The second-order valence-corrected chi connectivity index (χ2v) is 6.51. The number of amidine groups is 1. The van der Waals surface area contributed by atoms with Crippen LogP contribution in [0.25, 0.3) is 0 Å². The molecule has 0 spiro atoms. The Morgan fingerprint density at radius 2 is 1.76 bits per heavy atom. The summed E-state index contributed by atoms with van der Waals surface area (Å²) in [5.41, 5.74) is -2.27. The predicted octanol–water partition coefficient (Wildman–Crippen LogP) is 0.960. The van der Waals surface area contributed by atoms with Crippen LogP contribution in [0.15, 0.2) is 54.6 Å². The number of rotatable bonds is 5. The molecule has 1 aliphatic rings. The molecule has 0 radical (unpaired) electrons. The van der Waals surface area contributed by atoms with Crippen LogP contribution in [0.1, 0.15) is 18.1 Å². The second-order valence-electron chi connectivity index (χ2n) is 6.51. The van der Waals surface area contributed by atoms with E-state index in [-0.39, 0.29) is 12.4 Å². The Hall–Kier alpha value is -3.36. The number of hydrogen-bond donors (Lipinski definition) is 2. The van der Waals surface area contributed by atoms with E-state index in [2.05, 4.69) is 4.99 Å². The minimum atomic E-state index is -5.07. The highest BCUT2D eigenvalue weighted by atomic mass is 19.4. The van der Waals surface area contributed by atoms with Crippen molar-refractivity contribution in [2.45, 2.75) is 25.3 Å². The van der Waals surface area contributed by atoms with Crippen LogP contribution in [0, 0.1) is 0 Å². The SMILES string of the molecule is COc1ccc(CN2C(=O)[C@](NC(C)=O)(C(F)(F)F)[NH+]=C2c2ccccc2)cc1. The maximum atomic E-state index is 14.0. The Bertz CT molecular complexity index is 943. The van der Waals surface area contributed by atoms with E-state index in [4.69, 9.17) is 4.74 Å². The van der Waals surface area contributed by atoms with Gasteiger partial charge in [-0.15, -0.1) is 0 Å². The van der Waals surface area contributed by atoms with Gasteiger partial charge in [0.05, 0.1) is 12.7 Å². The molecule has 2 amide bonds. The van der Waals surface area contributed by atoms with Gasteiger partial charge in [-0.05, 0) is 29.8 Å². The summed E-state index contributed by atoms with van der Waals surface area (Å²) in [6.07, 6.45) is -5.07. The summed E-state index contributed by atoms with van der Waals surface area (Å²) in [4.78, 5) is 27.8. The van der Waals surface area contributed by atoms with Crippen LogP contribution in [0.5, 0.6) is 5.75 Å². The third-order valence-electron chi connectivity index (χ3n) is 4.48. The normalized spacial score (nSPS) is 19.1. The zero-order valence-electron chi connectivity index (χ0n) is 15.7. The summed E-state index contributed by atoms with van der Waals surface area (Å²) in [5, 5.41) is 1.77. The highest BCUT2D eigenvalue weighted by Crippen LogP contribution is 2.30. The lowest BCUT2D eigenvalue weighted by atomic mass is 10.1. The first-order valence-corrected chi connectivity index (χ1v) is 8.69. The standard InChI is InChI=1S/C20H18F3N3O3/c1-13(27)24-19(20(21,22)23)18(28)26(12-14-8-10-16(29-2)11-9-14)17(25-19)15-6-4-3-5-7-15/h3-11H,12H2,1-2H3,(H,24,27)/p+1/t19-/m1/s1. The topological polar surface area (TPSA) is 72.6 Å². The number of benzene rings is 2. The molecule has 2 aromatic carbocycles. The summed E-state index contributed by atoms with van der Waals surface area (Å²) in [7, 11) is 1.50. The van der Waals surface area contributed by atoms with Crippen LogP contribution >= 0.6 is 0 Å². The predicted molar refractivity (Wildman–Crippen MR) is 97.7 cm³/mol. The number of halogens is 3. The molecule has 1 aliphatic heterocycles. The summed E-state index contributed by atoms with van der Waals surface area (Å²) in [6, 6.07) is 14.8. The molecule has 1 heterocycles. The molecular weight excluding hydrogens is 387 g/mol. The van der Waals surface area contributed by atoms with Gasteiger partial charge in [0.1, 0.15) is 12.3 Å². The maximum Gasteiger partial charge on any atom is 0.465 e. The minimum absolute atomic E-state index is 0.0440. The first kappa shape index (κ1) is 20.4. The summed E-state index contributed by atoms with van der Waals surface area (Å²) < 4.78 is 47.0. The fourth-order valence-electron chi connectivity index (χ4n) is 3.10. The Kier molecular flexibility index (Phi) is 5.32. The van der Waals surface area contributed by atoms with E-state index >= 15 is 0 Å². The molecule has 2 aromatic rings. The van der Waals surface area contributed by atoms with Crippen LogP contribution in [0.4, 0.5) is 13.2 Å². The Balaban J connectivity index is 2.09. The fourth-order valence-corrected chi connectivity index (χ4v) is 3.10. The van der Waals surface area contributed by atoms with Crippen molar-refractivity contribution in [3.8, 4) is 5.75 Å². The van der Waals surface area contributed by atoms with Gasteiger partial charge in [0.2, 0.25) is 5.91 Å². The summed E-state index contributed by atoms with van der Waals surface area (Å²) >= 11 is 0. The van der Waals surface area contributed by atoms with Crippen molar-refractivity contribution in [2.24, 2.45) is 0 Å². The van der Waals surface area contributed by atoms with E-state index in [0.29, 0.717) is 16.9 Å². The first-order chi connectivity index (χ1) is 13.7. The number of ether oxygens (including phenoxy) is 1. The van der Waals surface area contributed by atoms with Gasteiger partial charge < -0.3 is 4.74 Å². The average Bonchev–Trinajstić information content (AvgIpc) is 2.96. The van der Waals surface area contributed by atoms with Crippen LogP contribution in [-0.2, 0) is 16.1 Å². The first-order valence-electron chi connectivity index (χ1n) is 8.69. The van der Waals surface area contributed by atoms with E-state index in [1.54, 1.807) is 59.9 Å². The van der Waals surface area contributed by atoms with Crippen molar-refractivity contribution in [1.29, 1.82) is 0 Å². The lowest BCUT2D eigenvalue weighted by Gasteiger charge is -2.24. The van der Waals surface area contributed by atoms with E-state index in [1.165, 1.54) is 7.11 Å². The van der Waals surface area contributed by atoms with Crippen LogP contribution < -0.4 is 15.0 Å². The van der Waals surface area contributed by atoms with Gasteiger partial charge >= 0.3 is 17.7 Å². The molecule has 0 saturated heterocycles. The number of alkyl halides is 3. The molecule has 0 bridgehead atoms. The number of amides is 2. The molecule has 1 atom stereocenters. The van der Waals surface area contributed by atoms with Crippen molar-refractivity contribution in [3.63, 3.8) is 0 Å². The quantitative estimate of drug-likeness (QED) is 0.777. The molecule has 2 N–H and O–H groups in total. The van der Waals surface area contributed by atoms with Gasteiger partial charge in [-0.3, -0.25) is 10.1 Å². The van der Waals surface area contributed by atoms with Crippen molar-refractivity contribution in [1.82, 2.24) is 10.2 Å². The summed E-state index contributed by atoms with van der Waals surface area (Å²) in [5.74, 6) is -1.76. The molecule has 0 fully saturated rings. The Morgan fingerprint density at radius 3 is 2.28 bits per heavy atom. The second kappa shape index (κ2) is 7.57. The molecule has 6 nitrogen and oxygen atoms in total. The number of hydrogen-bond acceptors (Lipinski definition) is 3. The van der Waals surface area contributed by atoms with E-state index in [1.807, 2.05) is 0 Å². The molecular formula is C20H19F3N3O3+. The average molecular weight is 406 g/mol. The molecule has 0 saturated carbocycles. The van der Waals surface area contributed by atoms with Crippen molar-refractivity contribution < 1.29 is 32.5 Å². The maximum absolute atomic E-state index is 14.0. The van der Waals surface area contributed by atoms with Gasteiger partial charge in [0.25, 0.3) is 5.84 Å². The van der Waals surface area contributed by atoms with Gasteiger partial charge in [-0.25, -0.2) is 9.79 Å². The molecule has 152 valence electrons. The highest BCUT2D eigenvalue weighted by molar-refractivity contribution is 6.11. The monoisotopic (exact) mass is 406 g/mol. The van der Waals surface area contributed by atoms with Gasteiger partial charge in [-0.2, -0.15) is 18.1 Å². The molecule has 3 rings (SSSR count). The van der Waals surface area contributed by atoms with E-state index < -0.39 is 23.7 Å². The minimum Gasteiger partial charge on any atom is -0.497 e. The number of nitrogens with zero attached hydrogens (tertiary/aromatic N) is 1. The lowest BCUT2D eigenvalue weighted by Crippen LogP contribution is -2.96. The van der Waals surface area contributed by atoms with E-state index in [0.717, 1.165) is 11.8 Å². The third kappa shape index (κ3) is 3.80. The van der Waals surface area contributed by atoms with E-state index in [9.17, 15) is 22.8 Å². The Labute approximate surface area is 165 Å². The number of carbonyl (C=O) groups is 2. The zero-order chi connectivity index (χ0) is 21.2. The third-order valence-corrected chi connectivity index (χ3v) is 4.48. The number of methoxy groups -OCH3 is 1. The van der Waals surface area contributed by atoms with Crippen molar-refractivity contribution in [3.05, 3.63) is 65.7 Å². The van der Waals surface area contributed by atoms with Crippen LogP contribution in [0.3, 0.4) is 0 Å². The molecule has 9 heteroatoms. The van der Waals surface area contributed by atoms with Crippen molar-refractivity contribution >= 4 is 17.6 Å². The lowest BCUT2D eigenvalue weighted by molar-refractivity contribution is -0.581. The van der Waals surface area contributed by atoms with Gasteiger partial charge in [-0.1, -0.05) is 30.3 Å². The summed E-state index contributed by atoms with van der Waals surface area (Å²) in [6.45, 7) is 0.800. The molecule has 0 unspecified atom stereocenters. The number of nitrogens with one attached hydrogen (secondary N) is 2. The highest BCUT2D eigenvalue weighted by Gasteiger charge is 2.72. The molecule has 29 heavy (non-hydrogen) atoms.